The number of hydrogen-bond acceptors (Lipinski definition) is 2. The number of rotatable bonds is 2. The minimum atomic E-state index is -0.0310. The Kier molecular flexibility index (Phi) is 3.11. The highest BCUT2D eigenvalue weighted by molar-refractivity contribution is 5.59. The van der Waals surface area contributed by atoms with Gasteiger partial charge >= 0.3 is 0 Å². The van der Waals surface area contributed by atoms with E-state index in [1.807, 2.05) is 6.07 Å². The van der Waals surface area contributed by atoms with Crippen molar-refractivity contribution in [3.63, 3.8) is 0 Å². The third-order valence-electron chi connectivity index (χ3n) is 6.03. The van der Waals surface area contributed by atoms with Gasteiger partial charge in [-0.3, -0.25) is 0 Å². The van der Waals surface area contributed by atoms with Gasteiger partial charge in [0.1, 0.15) is 5.75 Å². The van der Waals surface area contributed by atoms with Gasteiger partial charge < -0.3 is 9.47 Å². The first kappa shape index (κ1) is 14.3. The summed E-state index contributed by atoms with van der Waals surface area (Å²) in [5.41, 5.74) is 1.25. The molecule has 24 heavy (non-hydrogen) atoms. The third-order valence-corrected chi connectivity index (χ3v) is 6.03. The Bertz CT molecular complexity index is 1010. The molecule has 0 amide bonds. The molecule has 1 aliphatic heterocycles. The molecule has 2 heteroatoms. The number of fused-ring (bicyclic) bond motifs is 3. The maximum atomic E-state index is 6.27. The fourth-order valence-electron chi connectivity index (χ4n) is 4.92. The summed E-state index contributed by atoms with van der Waals surface area (Å²) < 4.78 is 11.8. The van der Waals surface area contributed by atoms with Crippen LogP contribution >= 0.6 is 0 Å². The average Bonchev–Trinajstić information content (AvgIpc) is 3.25. The summed E-state index contributed by atoms with van der Waals surface area (Å²) in [6.07, 6.45) is 9.64. The van der Waals surface area contributed by atoms with Crippen LogP contribution in [0, 0.1) is 16.4 Å². The van der Waals surface area contributed by atoms with E-state index < -0.39 is 0 Å². The fourth-order valence-corrected chi connectivity index (χ4v) is 4.92. The lowest BCUT2D eigenvalue weighted by atomic mass is 9.89. The number of benzene rings is 2. The highest BCUT2D eigenvalue weighted by Crippen LogP contribution is 2.46. The van der Waals surface area contributed by atoms with Crippen molar-refractivity contribution < 1.29 is 9.47 Å². The minimum Gasteiger partial charge on any atom is -0.496 e. The molecular weight excluding hydrogens is 296 g/mol. The molecule has 0 bridgehead atoms. The van der Waals surface area contributed by atoms with Gasteiger partial charge in [0.15, 0.2) is 0 Å². The summed E-state index contributed by atoms with van der Waals surface area (Å²) >= 11 is 0. The quantitative estimate of drug-likeness (QED) is 0.723. The maximum Gasteiger partial charge on any atom is 0.126 e. The first-order valence-corrected chi connectivity index (χ1v) is 8.96. The van der Waals surface area contributed by atoms with Crippen LogP contribution < -0.4 is 15.2 Å². The molecule has 5 rings (SSSR count). The van der Waals surface area contributed by atoms with Crippen molar-refractivity contribution in [1.29, 1.82) is 0 Å². The zero-order valence-electron chi connectivity index (χ0n) is 14.0. The van der Waals surface area contributed by atoms with Crippen LogP contribution in [0.5, 0.6) is 5.75 Å². The van der Waals surface area contributed by atoms with Crippen LogP contribution in [-0.4, -0.2) is 19.3 Å². The van der Waals surface area contributed by atoms with Gasteiger partial charge in [-0.05, 0) is 71.0 Å². The normalized spacial score (nSPS) is 27.5. The molecule has 1 heterocycles. The summed E-state index contributed by atoms with van der Waals surface area (Å²) in [5.74, 6) is 1.65. The largest absolute Gasteiger partial charge is 0.496 e. The molecule has 1 saturated carbocycles. The summed E-state index contributed by atoms with van der Waals surface area (Å²) in [4.78, 5) is 0. The lowest BCUT2D eigenvalue weighted by Crippen LogP contribution is -2.30. The molecule has 0 N–H and O–H groups in total. The molecule has 2 atom stereocenters. The average molecular weight is 318 g/mol. The van der Waals surface area contributed by atoms with Crippen molar-refractivity contribution in [2.45, 2.75) is 31.3 Å². The van der Waals surface area contributed by atoms with Gasteiger partial charge in [0, 0.05) is 11.8 Å². The molecule has 2 fully saturated rings. The van der Waals surface area contributed by atoms with E-state index in [2.05, 4.69) is 42.5 Å². The van der Waals surface area contributed by atoms with E-state index in [1.54, 1.807) is 7.11 Å². The summed E-state index contributed by atoms with van der Waals surface area (Å²) in [6.45, 7) is 0.909. The molecular formula is C22H22O2. The topological polar surface area (TPSA) is 18.5 Å². The van der Waals surface area contributed by atoms with E-state index in [9.17, 15) is 0 Å². The second-order valence-corrected chi connectivity index (χ2v) is 7.20. The molecule has 2 aliphatic carbocycles. The zero-order chi connectivity index (χ0) is 16.1. The Balaban J connectivity index is 1.84. The second kappa shape index (κ2) is 5.22. The Morgan fingerprint density at radius 2 is 2.08 bits per heavy atom. The Morgan fingerprint density at radius 1 is 1.17 bits per heavy atom. The minimum absolute atomic E-state index is 0.0310. The molecule has 2 aromatic rings. The number of ether oxygens (including phenoxy) is 2. The van der Waals surface area contributed by atoms with E-state index in [4.69, 9.17) is 9.47 Å². The molecule has 3 aliphatic rings. The lowest BCUT2D eigenvalue weighted by molar-refractivity contribution is 0.0478. The molecule has 122 valence electrons. The van der Waals surface area contributed by atoms with Crippen LogP contribution in [0.1, 0.15) is 31.2 Å². The van der Waals surface area contributed by atoms with E-state index in [0.717, 1.165) is 18.8 Å². The number of hydrogen-bond donors (Lipinski definition) is 0. The van der Waals surface area contributed by atoms with Crippen molar-refractivity contribution in [1.82, 2.24) is 0 Å². The van der Waals surface area contributed by atoms with E-state index in [0.29, 0.717) is 5.92 Å². The molecule has 0 spiro atoms. The van der Waals surface area contributed by atoms with Crippen molar-refractivity contribution in [3.8, 4) is 5.75 Å². The monoisotopic (exact) mass is 318 g/mol. The smallest absolute Gasteiger partial charge is 0.126 e. The van der Waals surface area contributed by atoms with Crippen molar-refractivity contribution in [3.05, 3.63) is 62.8 Å². The van der Waals surface area contributed by atoms with Crippen LogP contribution in [0.15, 0.2) is 36.4 Å². The molecule has 2 unspecified atom stereocenters. The van der Waals surface area contributed by atoms with Gasteiger partial charge in [0.25, 0.3) is 0 Å². The molecule has 2 nitrogen and oxygen atoms in total. The highest BCUT2D eigenvalue weighted by Gasteiger charge is 2.45. The van der Waals surface area contributed by atoms with Gasteiger partial charge in [-0.15, -0.1) is 0 Å². The van der Waals surface area contributed by atoms with E-state index in [-0.39, 0.29) is 5.60 Å². The Labute approximate surface area is 141 Å². The molecule has 0 aromatic heterocycles. The van der Waals surface area contributed by atoms with Crippen LogP contribution in [0.4, 0.5) is 0 Å². The standard InChI is InChI=1S/C22H22O2/c1-23-20-9-3-8-18-19(20)13-15-5-2-6-16(21(15)18)14-22-11-4-7-17(22)10-12-24-22/h2-3,5-6,8-9,13-14,17H,4,7,10-12H2,1H3. The van der Waals surface area contributed by atoms with Crippen LogP contribution in [0.2, 0.25) is 0 Å². The van der Waals surface area contributed by atoms with Crippen molar-refractivity contribution in [2.24, 2.45) is 5.92 Å². The van der Waals surface area contributed by atoms with Crippen LogP contribution in [0.25, 0.3) is 12.2 Å². The van der Waals surface area contributed by atoms with Crippen LogP contribution in [0.3, 0.4) is 0 Å². The summed E-state index contributed by atoms with van der Waals surface area (Å²) in [6, 6.07) is 12.9. The van der Waals surface area contributed by atoms with Gasteiger partial charge in [-0.25, -0.2) is 0 Å². The van der Waals surface area contributed by atoms with Gasteiger partial charge in [0.2, 0.25) is 0 Å². The predicted octanol–water partition coefficient (Wildman–Crippen LogP) is 2.86. The first-order chi connectivity index (χ1) is 11.8. The van der Waals surface area contributed by atoms with Crippen molar-refractivity contribution in [2.75, 3.05) is 13.7 Å². The zero-order valence-corrected chi connectivity index (χ0v) is 14.0. The molecule has 1 saturated heterocycles. The number of methoxy groups -OCH3 is 1. The lowest BCUT2D eigenvalue weighted by Gasteiger charge is -2.24. The SMILES string of the molecule is COc1cccc2c1=Cc1cccc(=CC34CCCC3CCO4)c1=2. The molecule has 2 aromatic carbocycles. The summed E-state index contributed by atoms with van der Waals surface area (Å²) in [5, 5.41) is 5.12. The highest BCUT2D eigenvalue weighted by atomic mass is 16.5. The van der Waals surface area contributed by atoms with Gasteiger partial charge in [0.05, 0.1) is 12.7 Å². The Hall–Kier alpha value is -2.06. The second-order valence-electron chi connectivity index (χ2n) is 7.20. The van der Waals surface area contributed by atoms with Crippen LogP contribution in [-0.2, 0) is 4.74 Å². The first-order valence-electron chi connectivity index (χ1n) is 8.96. The fraction of sp³-hybridized carbons (Fsp3) is 0.364. The van der Waals surface area contributed by atoms with Crippen molar-refractivity contribution >= 4 is 12.2 Å². The van der Waals surface area contributed by atoms with Gasteiger partial charge in [-0.1, -0.05) is 30.3 Å². The Morgan fingerprint density at radius 3 is 3.00 bits per heavy atom. The third kappa shape index (κ3) is 1.93. The predicted molar refractivity (Wildman–Crippen MR) is 95.0 cm³/mol. The van der Waals surface area contributed by atoms with E-state index in [1.165, 1.54) is 45.7 Å². The summed E-state index contributed by atoms with van der Waals surface area (Å²) in [7, 11) is 1.74. The van der Waals surface area contributed by atoms with Gasteiger partial charge in [-0.2, -0.15) is 0 Å². The van der Waals surface area contributed by atoms with E-state index >= 15 is 0 Å². The molecule has 0 radical (unpaired) electrons. The maximum absolute atomic E-state index is 6.27.